The summed E-state index contributed by atoms with van der Waals surface area (Å²) in [6.45, 7) is -0.0492. The molecule has 0 unspecified atom stereocenters. The van der Waals surface area contributed by atoms with Gasteiger partial charge in [0.1, 0.15) is 23.5 Å². The quantitative estimate of drug-likeness (QED) is 0.598. The van der Waals surface area contributed by atoms with Crippen molar-refractivity contribution < 1.29 is 19.0 Å². The highest BCUT2D eigenvalue weighted by atomic mass is 16.5. The standard InChI is InChI=1S/C20H17N3O4/c1-25-18-8-5-16(12-19(18)26-2)23-20(24)15(13-22)11-14-3-6-17(7-4-14)27-10-9-21/h3-8,11-12H,10H2,1-2H3,(H,23,24)/b15-11+. The Kier molecular flexibility index (Phi) is 6.81. The topological polar surface area (TPSA) is 104 Å². The number of methoxy groups -OCH3 is 2. The highest BCUT2D eigenvalue weighted by molar-refractivity contribution is 6.09. The highest BCUT2D eigenvalue weighted by Crippen LogP contribution is 2.29. The first-order valence-corrected chi connectivity index (χ1v) is 7.86. The molecule has 0 heterocycles. The van der Waals surface area contributed by atoms with Crippen LogP contribution in [0, 0.1) is 22.7 Å². The first kappa shape index (κ1) is 19.4. The molecule has 0 saturated heterocycles. The van der Waals surface area contributed by atoms with E-state index in [0.717, 1.165) is 0 Å². The molecule has 0 aliphatic heterocycles. The van der Waals surface area contributed by atoms with Crippen LogP contribution in [0.2, 0.25) is 0 Å². The van der Waals surface area contributed by atoms with E-state index in [4.69, 9.17) is 19.5 Å². The van der Waals surface area contributed by atoms with Crippen LogP contribution in [0.1, 0.15) is 5.56 Å². The van der Waals surface area contributed by atoms with Crippen molar-refractivity contribution in [3.63, 3.8) is 0 Å². The minimum absolute atomic E-state index is 0.0492. The summed E-state index contributed by atoms with van der Waals surface area (Å²) in [6.07, 6.45) is 1.46. The first-order chi connectivity index (χ1) is 13.1. The maximum Gasteiger partial charge on any atom is 0.266 e. The molecule has 0 saturated carbocycles. The van der Waals surface area contributed by atoms with E-state index in [1.165, 1.54) is 20.3 Å². The zero-order valence-electron chi connectivity index (χ0n) is 14.9. The summed E-state index contributed by atoms with van der Waals surface area (Å²) in [5.74, 6) is 0.979. The molecular formula is C20H17N3O4. The van der Waals surface area contributed by atoms with Gasteiger partial charge >= 0.3 is 0 Å². The van der Waals surface area contributed by atoms with Crippen LogP contribution in [-0.4, -0.2) is 26.7 Å². The van der Waals surface area contributed by atoms with Gasteiger partial charge in [-0.2, -0.15) is 10.5 Å². The lowest BCUT2D eigenvalue weighted by molar-refractivity contribution is -0.112. The van der Waals surface area contributed by atoms with Gasteiger partial charge in [-0.1, -0.05) is 12.1 Å². The van der Waals surface area contributed by atoms with E-state index in [1.807, 2.05) is 12.1 Å². The minimum Gasteiger partial charge on any atom is -0.493 e. The maximum atomic E-state index is 12.4. The number of hydrogen-bond acceptors (Lipinski definition) is 6. The van der Waals surface area contributed by atoms with Gasteiger partial charge in [-0.25, -0.2) is 0 Å². The summed E-state index contributed by atoms with van der Waals surface area (Å²) in [4.78, 5) is 12.4. The van der Waals surface area contributed by atoms with Crippen LogP contribution < -0.4 is 19.5 Å². The molecule has 0 spiro atoms. The maximum absolute atomic E-state index is 12.4. The predicted octanol–water partition coefficient (Wildman–Crippen LogP) is 3.15. The molecule has 0 bridgehead atoms. The zero-order valence-corrected chi connectivity index (χ0v) is 14.9. The van der Waals surface area contributed by atoms with Crippen LogP contribution in [0.3, 0.4) is 0 Å². The monoisotopic (exact) mass is 363 g/mol. The van der Waals surface area contributed by atoms with Crippen LogP contribution in [0.15, 0.2) is 48.0 Å². The van der Waals surface area contributed by atoms with Gasteiger partial charge in [0.15, 0.2) is 18.1 Å². The van der Waals surface area contributed by atoms with Crippen molar-refractivity contribution in [2.45, 2.75) is 0 Å². The lowest BCUT2D eigenvalue weighted by Gasteiger charge is -2.10. The Morgan fingerprint density at radius 3 is 2.37 bits per heavy atom. The van der Waals surface area contributed by atoms with Crippen LogP contribution in [-0.2, 0) is 4.79 Å². The normalized spacial score (nSPS) is 10.3. The van der Waals surface area contributed by atoms with Gasteiger partial charge in [0.2, 0.25) is 0 Å². The molecular weight excluding hydrogens is 346 g/mol. The zero-order chi connectivity index (χ0) is 19.6. The molecule has 1 amide bonds. The van der Waals surface area contributed by atoms with Gasteiger partial charge in [-0.3, -0.25) is 4.79 Å². The van der Waals surface area contributed by atoms with Crippen molar-refractivity contribution in [2.75, 3.05) is 26.1 Å². The number of nitrogens with one attached hydrogen (secondary N) is 1. The molecule has 2 rings (SSSR count). The fourth-order valence-corrected chi connectivity index (χ4v) is 2.20. The molecule has 1 N–H and O–H groups in total. The molecule has 7 nitrogen and oxygen atoms in total. The smallest absolute Gasteiger partial charge is 0.266 e. The molecule has 0 atom stereocenters. The van der Waals surface area contributed by atoms with Crippen LogP contribution >= 0.6 is 0 Å². The van der Waals surface area contributed by atoms with Crippen molar-refractivity contribution in [2.24, 2.45) is 0 Å². The fourth-order valence-electron chi connectivity index (χ4n) is 2.20. The molecule has 0 radical (unpaired) electrons. The third-order valence-corrected chi connectivity index (χ3v) is 3.50. The average Bonchev–Trinajstić information content (AvgIpc) is 2.71. The van der Waals surface area contributed by atoms with Crippen molar-refractivity contribution in [3.05, 3.63) is 53.6 Å². The summed E-state index contributed by atoms with van der Waals surface area (Å²) in [5.41, 5.74) is 1.06. The summed E-state index contributed by atoms with van der Waals surface area (Å²) >= 11 is 0. The van der Waals surface area contributed by atoms with Crippen LogP contribution in [0.25, 0.3) is 6.08 Å². The number of carbonyl (C=O) groups excluding carboxylic acids is 1. The number of nitriles is 2. The Morgan fingerprint density at radius 1 is 1.07 bits per heavy atom. The molecule has 7 heteroatoms. The minimum atomic E-state index is -0.547. The van der Waals surface area contributed by atoms with E-state index in [-0.39, 0.29) is 12.2 Å². The van der Waals surface area contributed by atoms with Crippen LogP contribution in [0.4, 0.5) is 5.69 Å². The number of carbonyl (C=O) groups is 1. The second-order valence-electron chi connectivity index (χ2n) is 5.21. The van der Waals surface area contributed by atoms with Crippen molar-refractivity contribution in [1.82, 2.24) is 0 Å². The van der Waals surface area contributed by atoms with Gasteiger partial charge in [0, 0.05) is 11.8 Å². The predicted molar refractivity (Wildman–Crippen MR) is 99.3 cm³/mol. The van der Waals surface area contributed by atoms with Crippen LogP contribution in [0.5, 0.6) is 17.2 Å². The Hall–Kier alpha value is -3.97. The Bertz CT molecular complexity index is 922. The van der Waals surface area contributed by atoms with E-state index in [0.29, 0.717) is 28.5 Å². The molecule has 136 valence electrons. The Balaban J connectivity index is 2.15. The van der Waals surface area contributed by atoms with E-state index in [9.17, 15) is 10.1 Å². The highest BCUT2D eigenvalue weighted by Gasteiger charge is 2.12. The number of anilines is 1. The van der Waals surface area contributed by atoms with Gasteiger partial charge in [0.05, 0.1) is 14.2 Å². The first-order valence-electron chi connectivity index (χ1n) is 7.86. The SMILES string of the molecule is COc1ccc(NC(=O)/C(C#N)=C/c2ccc(OCC#N)cc2)cc1OC. The lowest BCUT2D eigenvalue weighted by Crippen LogP contribution is -2.13. The van der Waals surface area contributed by atoms with Crippen molar-refractivity contribution >= 4 is 17.7 Å². The number of rotatable bonds is 7. The summed E-state index contributed by atoms with van der Waals surface area (Å²) in [5, 5.41) is 20.5. The largest absolute Gasteiger partial charge is 0.493 e. The number of ether oxygens (including phenoxy) is 3. The van der Waals surface area contributed by atoms with Gasteiger partial charge in [-0.05, 0) is 35.9 Å². The molecule has 2 aromatic rings. The Labute approximate surface area is 157 Å². The van der Waals surface area contributed by atoms with E-state index >= 15 is 0 Å². The number of amides is 1. The lowest BCUT2D eigenvalue weighted by atomic mass is 10.1. The van der Waals surface area contributed by atoms with Crippen molar-refractivity contribution in [1.29, 1.82) is 10.5 Å². The molecule has 0 aliphatic rings. The summed E-state index contributed by atoms with van der Waals surface area (Å²) in [6, 6.07) is 15.4. The average molecular weight is 363 g/mol. The third kappa shape index (κ3) is 5.25. The Morgan fingerprint density at radius 2 is 1.78 bits per heavy atom. The second-order valence-corrected chi connectivity index (χ2v) is 5.21. The second kappa shape index (κ2) is 9.50. The van der Waals surface area contributed by atoms with E-state index in [1.54, 1.807) is 42.5 Å². The van der Waals surface area contributed by atoms with Gasteiger partial charge in [0.25, 0.3) is 5.91 Å². The van der Waals surface area contributed by atoms with Crippen molar-refractivity contribution in [3.8, 4) is 29.4 Å². The molecule has 27 heavy (non-hydrogen) atoms. The van der Waals surface area contributed by atoms with E-state index < -0.39 is 5.91 Å². The molecule has 0 fully saturated rings. The van der Waals surface area contributed by atoms with Gasteiger partial charge < -0.3 is 19.5 Å². The molecule has 0 aromatic heterocycles. The molecule has 2 aromatic carbocycles. The number of nitrogens with zero attached hydrogens (tertiary/aromatic N) is 2. The van der Waals surface area contributed by atoms with E-state index in [2.05, 4.69) is 5.32 Å². The van der Waals surface area contributed by atoms with Gasteiger partial charge in [-0.15, -0.1) is 0 Å². The fraction of sp³-hybridized carbons (Fsp3) is 0.150. The number of hydrogen-bond donors (Lipinski definition) is 1. The molecule has 0 aliphatic carbocycles. The number of benzene rings is 2. The summed E-state index contributed by atoms with van der Waals surface area (Å²) in [7, 11) is 3.01. The summed E-state index contributed by atoms with van der Waals surface area (Å²) < 4.78 is 15.5. The third-order valence-electron chi connectivity index (χ3n) is 3.50.